The summed E-state index contributed by atoms with van der Waals surface area (Å²) in [6.07, 6.45) is 3.58. The van der Waals surface area contributed by atoms with Crippen LogP contribution in [0.1, 0.15) is 21.6 Å². The molecule has 0 radical (unpaired) electrons. The van der Waals surface area contributed by atoms with Crippen molar-refractivity contribution in [1.29, 1.82) is 0 Å². The topological polar surface area (TPSA) is 25.2 Å². The van der Waals surface area contributed by atoms with Crippen molar-refractivity contribution in [2.75, 3.05) is 6.54 Å². The second-order valence-corrected chi connectivity index (χ2v) is 6.58. The number of benzene rings is 2. The molecular formula is C22H20ClFN2O. The van der Waals surface area contributed by atoms with Crippen LogP contribution in [0.15, 0.2) is 79.5 Å². The van der Waals surface area contributed by atoms with Crippen molar-refractivity contribution >= 4 is 17.5 Å². The number of carbonyl (C=O) groups excluding carboxylic acids is 1. The van der Waals surface area contributed by atoms with E-state index in [9.17, 15) is 9.18 Å². The quantitative estimate of drug-likeness (QED) is 0.518. The minimum absolute atomic E-state index is 0.0589. The smallest absolute Gasteiger partial charge is 0.257 e. The van der Waals surface area contributed by atoms with Crippen LogP contribution in [0, 0.1) is 5.82 Å². The molecule has 3 rings (SSSR count). The molecule has 0 saturated carbocycles. The Morgan fingerprint density at radius 2 is 1.85 bits per heavy atom. The average molecular weight is 383 g/mol. The lowest BCUT2D eigenvalue weighted by molar-refractivity contribution is 0.0754. The Hall–Kier alpha value is -2.85. The van der Waals surface area contributed by atoms with E-state index < -0.39 is 5.82 Å². The van der Waals surface area contributed by atoms with Gasteiger partial charge in [0, 0.05) is 30.0 Å². The normalized spacial score (nSPS) is 10.6. The first-order chi connectivity index (χ1) is 13.1. The first-order valence-corrected chi connectivity index (χ1v) is 9.00. The van der Waals surface area contributed by atoms with E-state index in [2.05, 4.69) is 6.58 Å². The van der Waals surface area contributed by atoms with Crippen molar-refractivity contribution < 1.29 is 9.18 Å². The van der Waals surface area contributed by atoms with Crippen LogP contribution in [0.2, 0.25) is 5.02 Å². The third-order valence-corrected chi connectivity index (χ3v) is 4.68. The molecule has 138 valence electrons. The molecule has 3 nitrogen and oxygen atoms in total. The van der Waals surface area contributed by atoms with Gasteiger partial charge in [0.1, 0.15) is 5.82 Å². The number of halogens is 2. The lowest BCUT2D eigenvalue weighted by atomic mass is 10.1. The largest absolute Gasteiger partial charge is 0.345 e. The second kappa shape index (κ2) is 8.69. The monoisotopic (exact) mass is 382 g/mol. The van der Waals surface area contributed by atoms with E-state index in [0.29, 0.717) is 24.7 Å². The van der Waals surface area contributed by atoms with Gasteiger partial charge in [-0.15, -0.1) is 6.58 Å². The molecule has 0 saturated heterocycles. The Bertz CT molecular complexity index is 951. The minimum atomic E-state index is -0.525. The van der Waals surface area contributed by atoms with Gasteiger partial charge in [0.15, 0.2) is 0 Å². The minimum Gasteiger partial charge on any atom is -0.345 e. The van der Waals surface area contributed by atoms with Crippen LogP contribution in [0.25, 0.3) is 0 Å². The molecule has 0 bridgehead atoms. The van der Waals surface area contributed by atoms with Gasteiger partial charge in [-0.3, -0.25) is 4.79 Å². The number of amides is 1. The van der Waals surface area contributed by atoms with Gasteiger partial charge in [-0.25, -0.2) is 4.39 Å². The van der Waals surface area contributed by atoms with Crippen LogP contribution in [-0.2, 0) is 13.1 Å². The molecule has 0 aliphatic carbocycles. The highest BCUT2D eigenvalue weighted by atomic mass is 35.5. The highest BCUT2D eigenvalue weighted by Crippen LogP contribution is 2.19. The van der Waals surface area contributed by atoms with Crippen LogP contribution in [0.3, 0.4) is 0 Å². The fourth-order valence-corrected chi connectivity index (χ4v) is 3.13. The highest BCUT2D eigenvalue weighted by molar-refractivity contribution is 6.31. The van der Waals surface area contributed by atoms with E-state index in [4.69, 9.17) is 11.6 Å². The predicted octanol–water partition coefficient (Wildman–Crippen LogP) is 5.16. The van der Waals surface area contributed by atoms with Crippen molar-refractivity contribution in [2.24, 2.45) is 0 Å². The summed E-state index contributed by atoms with van der Waals surface area (Å²) >= 11 is 6.26. The third-order valence-electron chi connectivity index (χ3n) is 4.32. The Balaban J connectivity index is 1.83. The Morgan fingerprint density at radius 1 is 1.11 bits per heavy atom. The molecule has 3 aromatic rings. The van der Waals surface area contributed by atoms with Gasteiger partial charge in [0.05, 0.1) is 12.1 Å². The molecular weight excluding hydrogens is 363 g/mol. The summed E-state index contributed by atoms with van der Waals surface area (Å²) in [5.41, 5.74) is 1.98. The van der Waals surface area contributed by atoms with Crippen molar-refractivity contribution in [3.05, 3.63) is 107 Å². The summed E-state index contributed by atoms with van der Waals surface area (Å²) < 4.78 is 16.1. The molecule has 0 atom stereocenters. The molecule has 2 aromatic carbocycles. The van der Waals surface area contributed by atoms with Crippen molar-refractivity contribution in [3.8, 4) is 0 Å². The summed E-state index contributed by atoms with van der Waals surface area (Å²) in [4.78, 5) is 14.4. The Morgan fingerprint density at radius 3 is 2.59 bits per heavy atom. The average Bonchev–Trinajstić information content (AvgIpc) is 3.10. The lowest BCUT2D eigenvalue weighted by Crippen LogP contribution is -2.32. The Kier molecular flexibility index (Phi) is 6.09. The molecule has 1 aromatic heterocycles. The predicted molar refractivity (Wildman–Crippen MR) is 106 cm³/mol. The zero-order chi connectivity index (χ0) is 19.2. The molecule has 0 fully saturated rings. The first-order valence-electron chi connectivity index (χ1n) is 8.62. The van der Waals surface area contributed by atoms with Crippen LogP contribution in [-0.4, -0.2) is 21.9 Å². The third kappa shape index (κ3) is 4.47. The van der Waals surface area contributed by atoms with Crippen LogP contribution in [0.4, 0.5) is 4.39 Å². The summed E-state index contributed by atoms with van der Waals surface area (Å²) in [6.45, 7) is 4.98. The van der Waals surface area contributed by atoms with Crippen LogP contribution >= 0.6 is 11.6 Å². The van der Waals surface area contributed by atoms with Gasteiger partial charge < -0.3 is 9.47 Å². The fraction of sp³-hybridized carbons (Fsp3) is 0.136. The first kappa shape index (κ1) is 18.9. The number of aromatic nitrogens is 1. The van der Waals surface area contributed by atoms with E-state index in [0.717, 1.165) is 11.3 Å². The van der Waals surface area contributed by atoms with Gasteiger partial charge in [-0.05, 0) is 35.9 Å². The van der Waals surface area contributed by atoms with E-state index >= 15 is 0 Å². The van der Waals surface area contributed by atoms with Gasteiger partial charge in [-0.2, -0.15) is 0 Å². The van der Waals surface area contributed by atoms with E-state index in [1.54, 1.807) is 23.1 Å². The fourth-order valence-electron chi connectivity index (χ4n) is 2.93. The maximum atomic E-state index is 14.0. The van der Waals surface area contributed by atoms with Crippen molar-refractivity contribution in [3.63, 3.8) is 0 Å². The zero-order valence-electron chi connectivity index (χ0n) is 14.8. The van der Waals surface area contributed by atoms with E-state index in [1.807, 2.05) is 47.2 Å². The molecule has 0 spiro atoms. The maximum Gasteiger partial charge on any atom is 0.257 e. The molecule has 0 unspecified atom stereocenters. The number of rotatable bonds is 7. The van der Waals surface area contributed by atoms with E-state index in [1.165, 1.54) is 12.1 Å². The van der Waals surface area contributed by atoms with Crippen LogP contribution in [0.5, 0.6) is 0 Å². The van der Waals surface area contributed by atoms with Crippen molar-refractivity contribution in [1.82, 2.24) is 9.47 Å². The molecule has 0 N–H and O–H groups in total. The molecule has 27 heavy (non-hydrogen) atoms. The summed E-state index contributed by atoms with van der Waals surface area (Å²) in [5.74, 6) is -0.887. The SMILES string of the molecule is C=CCN(Cc1cccn1Cc1ccccc1Cl)C(=O)c1ccccc1F. The van der Waals surface area contributed by atoms with Gasteiger partial charge in [0.25, 0.3) is 5.91 Å². The highest BCUT2D eigenvalue weighted by Gasteiger charge is 2.19. The van der Waals surface area contributed by atoms with Crippen molar-refractivity contribution in [2.45, 2.75) is 13.1 Å². The van der Waals surface area contributed by atoms with Crippen LogP contribution < -0.4 is 0 Å². The summed E-state index contributed by atoms with van der Waals surface area (Å²) in [5, 5.41) is 0.697. The van der Waals surface area contributed by atoms with E-state index in [-0.39, 0.29) is 11.5 Å². The maximum absolute atomic E-state index is 14.0. The summed E-state index contributed by atoms with van der Waals surface area (Å²) in [7, 11) is 0. The molecule has 0 aliphatic heterocycles. The number of nitrogens with zero attached hydrogens (tertiary/aromatic N) is 2. The van der Waals surface area contributed by atoms with Gasteiger partial charge in [0.2, 0.25) is 0 Å². The number of hydrogen-bond donors (Lipinski definition) is 0. The zero-order valence-corrected chi connectivity index (χ0v) is 15.6. The van der Waals surface area contributed by atoms with Gasteiger partial charge in [-0.1, -0.05) is 48.0 Å². The second-order valence-electron chi connectivity index (χ2n) is 6.17. The molecule has 1 amide bonds. The lowest BCUT2D eigenvalue weighted by Gasteiger charge is -2.22. The standard InChI is InChI=1S/C22H20ClFN2O/c1-2-13-26(22(27)19-10-4-6-12-21(19)24)16-18-9-7-14-25(18)15-17-8-3-5-11-20(17)23/h2-12,14H,1,13,15-16H2. The number of carbonyl (C=O) groups is 1. The van der Waals surface area contributed by atoms with Gasteiger partial charge >= 0.3 is 0 Å². The number of hydrogen-bond acceptors (Lipinski definition) is 1. The Labute approximate surface area is 163 Å². The molecule has 5 heteroatoms. The molecule has 0 aliphatic rings. The molecule has 1 heterocycles. The summed E-state index contributed by atoms with van der Waals surface area (Å²) in [6, 6.07) is 17.5.